The molecule has 1 amide bonds. The molecule has 0 spiro atoms. The Morgan fingerprint density at radius 3 is 2.71 bits per heavy atom. The second-order valence-corrected chi connectivity index (χ2v) is 11.9. The molecule has 0 unspecified atom stereocenters. The highest BCUT2D eigenvalue weighted by Crippen LogP contribution is 2.35. The van der Waals surface area contributed by atoms with Crippen LogP contribution in [0.3, 0.4) is 0 Å². The molecule has 1 saturated carbocycles. The lowest BCUT2D eigenvalue weighted by Gasteiger charge is -2.40. The van der Waals surface area contributed by atoms with Gasteiger partial charge in [-0.3, -0.25) is 14.4 Å². The van der Waals surface area contributed by atoms with E-state index < -0.39 is 0 Å². The molecule has 12 heteroatoms. The standard InChI is InChI=1S/C29H35N9O3/c1-29(2,3)27-35-25(36-41-27)26(40)33-24-8-10-38(20-12-21(39)13-20)15-18-11-17(5-6-22(18)24)23-7-9-30-28(34-23)32-19-14-31-37(4)16-19/h5-7,9,11,14,16,20-21,24,39H,8,10,12-13,15H2,1-4H3,(H,33,40)(H,30,32,34)/t20?,21?,24-/m1/s1. The molecule has 1 atom stereocenters. The van der Waals surface area contributed by atoms with Gasteiger partial charge in [0.1, 0.15) is 0 Å². The number of rotatable bonds is 6. The summed E-state index contributed by atoms with van der Waals surface area (Å²) in [5.74, 6) is 0.575. The summed E-state index contributed by atoms with van der Waals surface area (Å²) in [7, 11) is 1.85. The second kappa shape index (κ2) is 10.7. The molecule has 2 aliphatic rings. The summed E-state index contributed by atoms with van der Waals surface area (Å²) < 4.78 is 7.06. The van der Waals surface area contributed by atoms with Gasteiger partial charge in [-0.2, -0.15) is 10.1 Å². The molecule has 4 aromatic rings. The maximum atomic E-state index is 13.2. The van der Waals surface area contributed by atoms with Crippen LogP contribution in [0.15, 0.2) is 47.4 Å². The predicted octanol–water partition coefficient (Wildman–Crippen LogP) is 3.50. The fourth-order valence-corrected chi connectivity index (χ4v) is 5.35. The van der Waals surface area contributed by atoms with Crippen LogP contribution < -0.4 is 10.6 Å². The molecule has 41 heavy (non-hydrogen) atoms. The van der Waals surface area contributed by atoms with E-state index in [-0.39, 0.29) is 29.3 Å². The molecule has 3 N–H and O–H groups in total. The molecular formula is C29H35N9O3. The van der Waals surface area contributed by atoms with E-state index in [1.807, 2.05) is 46.1 Å². The molecule has 1 aromatic carbocycles. The summed E-state index contributed by atoms with van der Waals surface area (Å²) in [5, 5.41) is 24.4. The number of aliphatic hydroxyl groups is 1. The van der Waals surface area contributed by atoms with E-state index in [9.17, 15) is 9.90 Å². The quantitative estimate of drug-likeness (QED) is 0.322. The van der Waals surface area contributed by atoms with Gasteiger partial charge in [-0.25, -0.2) is 9.97 Å². The zero-order valence-electron chi connectivity index (χ0n) is 23.7. The number of hydrogen-bond donors (Lipinski definition) is 3. The first kappa shape index (κ1) is 27.0. The van der Waals surface area contributed by atoms with E-state index in [1.165, 1.54) is 0 Å². The summed E-state index contributed by atoms with van der Waals surface area (Å²) >= 11 is 0. The van der Waals surface area contributed by atoms with Gasteiger partial charge < -0.3 is 20.3 Å². The Balaban J connectivity index is 1.28. The number of hydrogen-bond acceptors (Lipinski definition) is 10. The predicted molar refractivity (Wildman–Crippen MR) is 151 cm³/mol. The first-order valence-corrected chi connectivity index (χ1v) is 13.9. The summed E-state index contributed by atoms with van der Waals surface area (Å²) in [6.07, 6.45) is 7.32. The zero-order valence-corrected chi connectivity index (χ0v) is 23.7. The Bertz CT molecular complexity index is 1550. The fraction of sp³-hybridized carbons (Fsp3) is 0.448. The lowest BCUT2D eigenvalue weighted by molar-refractivity contribution is -0.00199. The highest BCUT2D eigenvalue weighted by atomic mass is 16.5. The van der Waals surface area contributed by atoms with Gasteiger partial charge in [-0.1, -0.05) is 38.1 Å². The van der Waals surface area contributed by atoms with Crippen LogP contribution in [-0.2, 0) is 19.0 Å². The topological polar surface area (TPSA) is 147 Å². The van der Waals surface area contributed by atoms with E-state index in [4.69, 9.17) is 9.51 Å². The summed E-state index contributed by atoms with van der Waals surface area (Å²) in [5.41, 5.74) is 4.35. The number of anilines is 2. The summed E-state index contributed by atoms with van der Waals surface area (Å²) in [4.78, 5) is 29.1. The van der Waals surface area contributed by atoms with Crippen LogP contribution in [0.2, 0.25) is 0 Å². The van der Waals surface area contributed by atoms with Crippen molar-refractivity contribution in [2.45, 2.75) is 70.2 Å². The molecular weight excluding hydrogens is 522 g/mol. The van der Waals surface area contributed by atoms with E-state index in [2.05, 4.69) is 47.9 Å². The number of carbonyl (C=O) groups excluding carboxylic acids is 1. The Kier molecular flexibility index (Phi) is 7.04. The van der Waals surface area contributed by atoms with Gasteiger partial charge in [0.25, 0.3) is 11.7 Å². The highest BCUT2D eigenvalue weighted by molar-refractivity contribution is 5.90. The minimum atomic E-state index is -0.362. The Labute approximate surface area is 238 Å². The van der Waals surface area contributed by atoms with Crippen LogP contribution in [0.4, 0.5) is 11.6 Å². The summed E-state index contributed by atoms with van der Waals surface area (Å²) in [6.45, 7) is 7.39. The molecule has 214 valence electrons. The minimum absolute atomic E-state index is 0.0333. The SMILES string of the molecule is Cn1cc(Nc2nccc(-c3ccc4c(c3)CN(C3CC(O)C3)CC[C@H]4NC(=O)c3noc(C(C)(C)C)n3)n2)cn1. The van der Waals surface area contributed by atoms with Gasteiger partial charge in [-0.15, -0.1) is 0 Å². The van der Waals surface area contributed by atoms with Crippen molar-refractivity contribution in [1.82, 2.24) is 40.1 Å². The van der Waals surface area contributed by atoms with Crippen molar-refractivity contribution in [1.29, 1.82) is 0 Å². The number of nitrogens with zero attached hydrogens (tertiary/aromatic N) is 7. The first-order valence-electron chi connectivity index (χ1n) is 13.9. The zero-order chi connectivity index (χ0) is 28.7. The third-order valence-corrected chi connectivity index (χ3v) is 7.69. The molecule has 0 bridgehead atoms. The number of nitrogens with one attached hydrogen (secondary N) is 2. The van der Waals surface area contributed by atoms with E-state index in [0.717, 1.165) is 60.4 Å². The van der Waals surface area contributed by atoms with Gasteiger partial charge in [0.2, 0.25) is 11.8 Å². The summed E-state index contributed by atoms with van der Waals surface area (Å²) in [6, 6.07) is 8.22. The molecule has 6 rings (SSSR count). The molecule has 1 aliphatic heterocycles. The number of benzene rings is 1. The lowest BCUT2D eigenvalue weighted by atomic mass is 9.88. The van der Waals surface area contributed by atoms with Crippen molar-refractivity contribution >= 4 is 17.5 Å². The first-order chi connectivity index (χ1) is 19.6. The molecule has 4 heterocycles. The number of aryl methyl sites for hydroxylation is 1. The van der Waals surface area contributed by atoms with Gasteiger partial charge in [0, 0.05) is 49.6 Å². The molecule has 12 nitrogen and oxygen atoms in total. The van der Waals surface area contributed by atoms with Crippen molar-refractivity contribution in [3.05, 3.63) is 65.7 Å². The van der Waals surface area contributed by atoms with Gasteiger partial charge >= 0.3 is 0 Å². The van der Waals surface area contributed by atoms with Crippen molar-refractivity contribution in [2.24, 2.45) is 7.05 Å². The number of fused-ring (bicyclic) bond motifs is 1. The minimum Gasteiger partial charge on any atom is -0.393 e. The van der Waals surface area contributed by atoms with Crippen LogP contribution in [0.5, 0.6) is 0 Å². The van der Waals surface area contributed by atoms with Crippen molar-refractivity contribution in [3.63, 3.8) is 0 Å². The third-order valence-electron chi connectivity index (χ3n) is 7.69. The van der Waals surface area contributed by atoms with Crippen molar-refractivity contribution in [3.8, 4) is 11.3 Å². The largest absolute Gasteiger partial charge is 0.393 e. The smallest absolute Gasteiger partial charge is 0.293 e. The average molecular weight is 558 g/mol. The molecule has 1 fully saturated rings. The van der Waals surface area contributed by atoms with Crippen LogP contribution in [0.25, 0.3) is 11.3 Å². The van der Waals surface area contributed by atoms with Crippen molar-refractivity contribution in [2.75, 3.05) is 11.9 Å². The highest BCUT2D eigenvalue weighted by Gasteiger charge is 2.35. The maximum Gasteiger partial charge on any atom is 0.293 e. The molecule has 0 radical (unpaired) electrons. The average Bonchev–Trinajstić information content (AvgIpc) is 3.54. The fourth-order valence-electron chi connectivity index (χ4n) is 5.35. The van der Waals surface area contributed by atoms with E-state index in [0.29, 0.717) is 17.9 Å². The Morgan fingerprint density at radius 2 is 2.00 bits per heavy atom. The van der Waals surface area contributed by atoms with Gasteiger partial charge in [0.15, 0.2) is 0 Å². The molecule has 3 aromatic heterocycles. The van der Waals surface area contributed by atoms with E-state index in [1.54, 1.807) is 17.1 Å². The van der Waals surface area contributed by atoms with Crippen LogP contribution in [-0.4, -0.2) is 64.5 Å². The number of aromatic nitrogens is 6. The van der Waals surface area contributed by atoms with Crippen LogP contribution >= 0.6 is 0 Å². The van der Waals surface area contributed by atoms with Crippen LogP contribution in [0, 0.1) is 0 Å². The van der Waals surface area contributed by atoms with Gasteiger partial charge in [-0.05, 0) is 42.5 Å². The number of aliphatic hydroxyl groups excluding tert-OH is 1. The third kappa shape index (κ3) is 5.84. The second-order valence-electron chi connectivity index (χ2n) is 11.9. The molecule has 0 saturated heterocycles. The lowest BCUT2D eigenvalue weighted by Crippen LogP contribution is -2.47. The Morgan fingerprint density at radius 1 is 1.17 bits per heavy atom. The normalized spacial score (nSPS) is 21.0. The van der Waals surface area contributed by atoms with E-state index >= 15 is 0 Å². The van der Waals surface area contributed by atoms with Gasteiger partial charge in [0.05, 0.1) is 29.7 Å². The number of carbonyl (C=O) groups is 1. The Hall–Kier alpha value is -4.16. The maximum absolute atomic E-state index is 13.2. The monoisotopic (exact) mass is 557 g/mol. The molecule has 1 aliphatic carbocycles. The van der Waals surface area contributed by atoms with Crippen molar-refractivity contribution < 1.29 is 14.4 Å². The van der Waals surface area contributed by atoms with Crippen LogP contribution in [0.1, 0.15) is 73.7 Å². The number of amides is 1.